The Morgan fingerprint density at radius 2 is 1.75 bits per heavy atom. The summed E-state index contributed by atoms with van der Waals surface area (Å²) in [6.07, 6.45) is 2.08. The van der Waals surface area contributed by atoms with Crippen molar-refractivity contribution in [3.8, 4) is 0 Å². The van der Waals surface area contributed by atoms with Gasteiger partial charge < -0.3 is 4.90 Å². The highest BCUT2D eigenvalue weighted by Gasteiger charge is 2.19. The Morgan fingerprint density at radius 3 is 2.25 bits per heavy atom. The van der Waals surface area contributed by atoms with Crippen molar-refractivity contribution in [2.24, 2.45) is 0 Å². The molecule has 0 aliphatic carbocycles. The van der Waals surface area contributed by atoms with Crippen molar-refractivity contribution in [1.29, 1.82) is 0 Å². The average Bonchev–Trinajstić information content (AvgIpc) is 2.81. The molecule has 0 saturated carbocycles. The lowest BCUT2D eigenvalue weighted by atomic mass is 9.87. The lowest BCUT2D eigenvalue weighted by Crippen LogP contribution is -2.27. The predicted octanol–water partition coefficient (Wildman–Crippen LogP) is 1.83. The molecule has 5 heteroatoms. The van der Waals surface area contributed by atoms with Crippen LogP contribution >= 0.6 is 0 Å². The number of nitrogens with zero attached hydrogens (tertiary/aromatic N) is 2. The second-order valence-electron chi connectivity index (χ2n) is 3.80. The van der Waals surface area contributed by atoms with Crippen LogP contribution in [0.2, 0.25) is 0 Å². The number of hydrogen-bond donors (Lipinski definition) is 0. The molecule has 1 fully saturated rings. The quantitative estimate of drug-likeness (QED) is 0.563. The van der Waals surface area contributed by atoms with Crippen LogP contribution < -0.4 is 0 Å². The first-order chi connectivity index (χ1) is 7.68. The third-order valence-electron chi connectivity index (χ3n) is 2.72. The molecule has 2 rings (SSSR count). The molecule has 1 aromatic rings. The van der Waals surface area contributed by atoms with Crippen molar-refractivity contribution in [1.82, 2.24) is 4.90 Å². The second kappa shape index (κ2) is 4.30. The molecule has 1 aliphatic heterocycles. The minimum absolute atomic E-state index is 0.0120. The first kappa shape index (κ1) is 10.6. The van der Waals surface area contributed by atoms with E-state index in [2.05, 4.69) is 0 Å². The SMILES string of the molecule is O=[11C](c1ccc([N+](=O)[O-])cc1)N1CCCC1. The summed E-state index contributed by atoms with van der Waals surface area (Å²) in [6, 6.07) is 5.75. The monoisotopic (exact) mass is 219 g/mol. The number of nitro groups is 1. The number of likely N-dealkylation sites (tertiary alicyclic amines) is 1. The van der Waals surface area contributed by atoms with Gasteiger partial charge in [0.25, 0.3) is 11.6 Å². The van der Waals surface area contributed by atoms with Crippen LogP contribution in [0.25, 0.3) is 0 Å². The van der Waals surface area contributed by atoms with E-state index in [0.717, 1.165) is 25.9 Å². The Labute approximate surface area is 92.8 Å². The van der Waals surface area contributed by atoms with Gasteiger partial charge in [0.1, 0.15) is 0 Å². The number of carbonyl (C=O) groups is 1. The Morgan fingerprint density at radius 1 is 1.19 bits per heavy atom. The third kappa shape index (κ3) is 2.03. The van der Waals surface area contributed by atoms with Crippen LogP contribution in [0.1, 0.15) is 23.2 Å². The summed E-state index contributed by atoms with van der Waals surface area (Å²) in [4.78, 5) is 23.6. The Bertz CT molecular complexity index is 408. The van der Waals surface area contributed by atoms with Gasteiger partial charge in [0, 0.05) is 30.8 Å². The van der Waals surface area contributed by atoms with E-state index in [9.17, 15) is 14.9 Å². The Balaban J connectivity index is 2.14. The molecule has 0 N–H and O–H groups in total. The molecule has 1 saturated heterocycles. The maximum absolute atomic E-state index is 11.9. The van der Waals surface area contributed by atoms with Crippen LogP contribution in [0.5, 0.6) is 0 Å². The Kier molecular flexibility index (Phi) is 2.85. The molecular weight excluding hydrogens is 207 g/mol. The van der Waals surface area contributed by atoms with Crippen LogP contribution in [-0.4, -0.2) is 28.8 Å². The molecule has 16 heavy (non-hydrogen) atoms. The van der Waals surface area contributed by atoms with Crippen LogP contribution in [0.4, 0.5) is 5.69 Å². The van der Waals surface area contributed by atoms with Gasteiger partial charge in [0.2, 0.25) is 0 Å². The molecule has 0 unspecified atom stereocenters. The van der Waals surface area contributed by atoms with E-state index in [-0.39, 0.29) is 11.6 Å². The minimum atomic E-state index is -0.468. The summed E-state index contributed by atoms with van der Waals surface area (Å²) in [6.45, 7) is 1.58. The normalized spacial score (nSPS) is 15.1. The van der Waals surface area contributed by atoms with Gasteiger partial charge in [0.15, 0.2) is 0 Å². The van der Waals surface area contributed by atoms with E-state index in [1.807, 2.05) is 0 Å². The molecule has 84 valence electrons. The average molecular weight is 219 g/mol. The topological polar surface area (TPSA) is 63.4 Å². The van der Waals surface area contributed by atoms with Crippen LogP contribution in [0, 0.1) is 10.1 Å². The van der Waals surface area contributed by atoms with E-state index in [0.29, 0.717) is 5.56 Å². The van der Waals surface area contributed by atoms with Crippen molar-refractivity contribution in [3.63, 3.8) is 0 Å². The summed E-state index contributed by atoms with van der Waals surface area (Å²) in [5.74, 6) is -0.0348. The summed E-state index contributed by atoms with van der Waals surface area (Å²) < 4.78 is 0. The van der Waals surface area contributed by atoms with E-state index in [1.54, 1.807) is 4.90 Å². The number of amides is 1. The van der Waals surface area contributed by atoms with Gasteiger partial charge in [-0.1, -0.05) is 0 Å². The highest BCUT2D eigenvalue weighted by molar-refractivity contribution is 5.94. The van der Waals surface area contributed by atoms with Crippen molar-refractivity contribution in [3.05, 3.63) is 39.9 Å². The molecule has 0 spiro atoms. The molecule has 1 amide bonds. The lowest BCUT2D eigenvalue weighted by Gasteiger charge is -2.14. The van der Waals surface area contributed by atoms with Gasteiger partial charge in [0.05, 0.1) is 4.92 Å². The van der Waals surface area contributed by atoms with Gasteiger partial charge in [-0.2, -0.15) is 0 Å². The van der Waals surface area contributed by atoms with Gasteiger partial charge in [-0.05, 0) is 25.0 Å². The molecule has 0 aromatic heterocycles. The third-order valence-corrected chi connectivity index (χ3v) is 2.72. The molecule has 0 atom stereocenters. The zero-order valence-corrected chi connectivity index (χ0v) is 8.76. The van der Waals surface area contributed by atoms with E-state index in [1.165, 1.54) is 24.3 Å². The maximum Gasteiger partial charge on any atom is 0.269 e. The molecule has 5 nitrogen and oxygen atoms in total. The van der Waals surface area contributed by atoms with Gasteiger partial charge in [-0.25, -0.2) is 0 Å². The highest BCUT2D eigenvalue weighted by Crippen LogP contribution is 2.16. The fraction of sp³-hybridized carbons (Fsp3) is 0.364. The van der Waals surface area contributed by atoms with Crippen molar-refractivity contribution >= 4 is 11.6 Å². The van der Waals surface area contributed by atoms with Crippen LogP contribution in [0.3, 0.4) is 0 Å². The number of benzene rings is 1. The standard InChI is InChI=1S/C11H12N2O3/c14-11(12-7-1-2-8-12)9-3-5-10(6-4-9)13(15)16/h3-6H,1-2,7-8H2/i11-1. The molecular formula is C11H12N2O3. The van der Waals surface area contributed by atoms with Gasteiger partial charge in [-0.3, -0.25) is 14.9 Å². The van der Waals surface area contributed by atoms with Crippen LogP contribution in [-0.2, 0) is 0 Å². The second-order valence-corrected chi connectivity index (χ2v) is 3.80. The van der Waals surface area contributed by atoms with E-state index < -0.39 is 4.92 Å². The summed E-state index contributed by atoms with van der Waals surface area (Å²) in [5, 5.41) is 10.4. The summed E-state index contributed by atoms with van der Waals surface area (Å²) in [5.41, 5.74) is 0.533. The predicted molar refractivity (Wildman–Crippen MR) is 58.2 cm³/mol. The fourth-order valence-corrected chi connectivity index (χ4v) is 1.83. The Hall–Kier alpha value is -1.91. The highest BCUT2D eigenvalue weighted by atomic mass is 16.6. The zero-order valence-electron chi connectivity index (χ0n) is 8.76. The zero-order chi connectivity index (χ0) is 11.5. The minimum Gasteiger partial charge on any atom is -0.339 e. The maximum atomic E-state index is 11.9. The lowest BCUT2D eigenvalue weighted by molar-refractivity contribution is -0.384. The van der Waals surface area contributed by atoms with E-state index in [4.69, 9.17) is 0 Å². The molecule has 1 aromatic carbocycles. The molecule has 1 aliphatic rings. The molecule has 1 heterocycles. The summed E-state index contributed by atoms with van der Waals surface area (Å²) in [7, 11) is 0. The number of rotatable bonds is 2. The van der Waals surface area contributed by atoms with E-state index >= 15 is 0 Å². The number of hydrogen-bond acceptors (Lipinski definition) is 3. The smallest absolute Gasteiger partial charge is 0.269 e. The van der Waals surface area contributed by atoms with Gasteiger partial charge in [-0.15, -0.1) is 0 Å². The van der Waals surface area contributed by atoms with Crippen molar-refractivity contribution in [2.75, 3.05) is 13.1 Å². The first-order valence-corrected chi connectivity index (χ1v) is 5.22. The van der Waals surface area contributed by atoms with Crippen molar-refractivity contribution < 1.29 is 9.72 Å². The van der Waals surface area contributed by atoms with Gasteiger partial charge >= 0.3 is 0 Å². The number of non-ortho nitro benzene ring substituents is 1. The molecule has 0 radical (unpaired) electrons. The number of nitro benzene ring substituents is 1. The van der Waals surface area contributed by atoms with Crippen molar-refractivity contribution in [2.45, 2.75) is 12.8 Å². The first-order valence-electron chi connectivity index (χ1n) is 5.22. The van der Waals surface area contributed by atoms with Crippen LogP contribution in [0.15, 0.2) is 24.3 Å². The summed E-state index contributed by atoms with van der Waals surface area (Å²) >= 11 is 0. The fourth-order valence-electron chi connectivity index (χ4n) is 1.83. The largest absolute Gasteiger partial charge is 0.339 e. The number of carbonyl (C=O) groups excluding carboxylic acids is 1. The molecule has 0 bridgehead atoms.